The summed E-state index contributed by atoms with van der Waals surface area (Å²) in [4.78, 5) is 23.1. The summed E-state index contributed by atoms with van der Waals surface area (Å²) < 4.78 is 5.64. The summed E-state index contributed by atoms with van der Waals surface area (Å²) in [6.07, 6.45) is 2.60. The van der Waals surface area contributed by atoms with Crippen molar-refractivity contribution in [3.63, 3.8) is 0 Å². The molecule has 4 atom stereocenters. The van der Waals surface area contributed by atoms with E-state index in [-0.39, 0.29) is 25.4 Å². The lowest BCUT2D eigenvalue weighted by Crippen LogP contribution is -2.45. The van der Waals surface area contributed by atoms with Crippen LogP contribution in [0.3, 0.4) is 0 Å². The molecule has 5 heteroatoms. The maximum absolute atomic E-state index is 12.4. The molecule has 1 aliphatic rings. The highest BCUT2D eigenvalue weighted by atomic mass is 16.6. The number of aliphatic hydroxyl groups is 1. The Morgan fingerprint density at radius 1 is 1.32 bits per heavy atom. The molecule has 1 saturated carbocycles. The lowest BCUT2D eigenvalue weighted by Gasteiger charge is -2.38. The summed E-state index contributed by atoms with van der Waals surface area (Å²) in [5.41, 5.74) is -1.69. The summed E-state index contributed by atoms with van der Waals surface area (Å²) in [6, 6.07) is 0. The number of carboxylic acids is 1. The number of hydrogen-bond acceptors (Lipinski definition) is 4. The topological polar surface area (TPSA) is 83.8 Å². The molecule has 0 bridgehead atoms. The monoisotopic (exact) mass is 314 g/mol. The highest BCUT2D eigenvalue weighted by Gasteiger charge is 2.40. The van der Waals surface area contributed by atoms with E-state index in [1.54, 1.807) is 6.92 Å². The highest BCUT2D eigenvalue weighted by Crippen LogP contribution is 2.36. The van der Waals surface area contributed by atoms with E-state index in [0.29, 0.717) is 17.8 Å². The van der Waals surface area contributed by atoms with Gasteiger partial charge in [0.2, 0.25) is 0 Å². The van der Waals surface area contributed by atoms with Crippen molar-refractivity contribution in [1.82, 2.24) is 0 Å². The Kier molecular flexibility index (Phi) is 6.85. The Morgan fingerprint density at radius 2 is 1.95 bits per heavy atom. The number of esters is 1. The van der Waals surface area contributed by atoms with Crippen LogP contribution < -0.4 is 0 Å². The first kappa shape index (κ1) is 18.9. The van der Waals surface area contributed by atoms with Crippen molar-refractivity contribution < 1.29 is 24.5 Å². The fourth-order valence-corrected chi connectivity index (χ4v) is 3.23. The standard InChI is InChI=1S/C17H30O5/c1-5-17(21,9-8-15(18)19)16(20)22-14-10-12(4)6-7-13(14)11(2)3/h11-14,21H,5-10H2,1-4H3,(H,18,19)/t12-,13+,14-,17-/m1/s1. The van der Waals surface area contributed by atoms with Gasteiger partial charge in [-0.1, -0.05) is 34.1 Å². The second-order valence-electron chi connectivity index (χ2n) is 7.05. The molecule has 2 N–H and O–H groups in total. The van der Waals surface area contributed by atoms with Gasteiger partial charge >= 0.3 is 11.9 Å². The van der Waals surface area contributed by atoms with Gasteiger partial charge in [0.25, 0.3) is 0 Å². The van der Waals surface area contributed by atoms with E-state index < -0.39 is 17.5 Å². The minimum atomic E-state index is -1.69. The summed E-state index contributed by atoms with van der Waals surface area (Å²) in [5.74, 6) is -0.465. The van der Waals surface area contributed by atoms with Gasteiger partial charge in [-0.2, -0.15) is 0 Å². The highest BCUT2D eigenvalue weighted by molar-refractivity contribution is 5.80. The van der Waals surface area contributed by atoms with E-state index in [1.807, 2.05) is 0 Å². The number of carbonyl (C=O) groups is 2. The molecule has 5 nitrogen and oxygen atoms in total. The molecule has 0 heterocycles. The van der Waals surface area contributed by atoms with Crippen molar-refractivity contribution >= 4 is 11.9 Å². The van der Waals surface area contributed by atoms with Crippen LogP contribution in [0.25, 0.3) is 0 Å². The third kappa shape index (κ3) is 4.97. The van der Waals surface area contributed by atoms with E-state index >= 15 is 0 Å². The molecule has 0 aliphatic heterocycles. The third-order valence-corrected chi connectivity index (χ3v) is 4.94. The van der Waals surface area contributed by atoms with E-state index in [1.165, 1.54) is 0 Å². The predicted octanol–water partition coefficient (Wildman–Crippen LogP) is 3.00. The van der Waals surface area contributed by atoms with Gasteiger partial charge in [0.1, 0.15) is 6.10 Å². The summed E-state index contributed by atoms with van der Waals surface area (Å²) >= 11 is 0. The average molecular weight is 314 g/mol. The maximum Gasteiger partial charge on any atom is 0.338 e. The molecule has 1 aliphatic carbocycles. The SMILES string of the molecule is CC[C@@](O)(CCC(=O)O)C(=O)O[C@@H]1C[C@H](C)CC[C@H]1C(C)C. The van der Waals surface area contributed by atoms with E-state index in [0.717, 1.165) is 19.3 Å². The molecule has 0 unspecified atom stereocenters. The van der Waals surface area contributed by atoms with Crippen molar-refractivity contribution in [3.05, 3.63) is 0 Å². The number of carbonyl (C=O) groups excluding carboxylic acids is 1. The normalized spacial score (nSPS) is 28.2. The van der Waals surface area contributed by atoms with Crippen LogP contribution in [0.15, 0.2) is 0 Å². The lowest BCUT2D eigenvalue weighted by atomic mass is 9.75. The molecular weight excluding hydrogens is 284 g/mol. The molecule has 0 aromatic carbocycles. The van der Waals surface area contributed by atoms with Crippen LogP contribution in [-0.4, -0.2) is 33.9 Å². The summed E-state index contributed by atoms with van der Waals surface area (Å²) in [6.45, 7) is 8.07. The molecule has 0 aromatic heterocycles. The molecule has 0 amide bonds. The molecule has 0 aromatic rings. The van der Waals surface area contributed by atoms with Gasteiger partial charge in [-0.05, 0) is 43.4 Å². The van der Waals surface area contributed by atoms with Gasteiger partial charge in [0, 0.05) is 6.42 Å². The smallest absolute Gasteiger partial charge is 0.338 e. The van der Waals surface area contributed by atoms with Crippen LogP contribution >= 0.6 is 0 Å². The molecular formula is C17H30O5. The van der Waals surface area contributed by atoms with Crippen LogP contribution in [0.2, 0.25) is 0 Å². The van der Waals surface area contributed by atoms with Gasteiger partial charge in [0.15, 0.2) is 5.60 Å². The van der Waals surface area contributed by atoms with Crippen molar-refractivity contribution in [1.29, 1.82) is 0 Å². The van der Waals surface area contributed by atoms with Crippen LogP contribution in [-0.2, 0) is 14.3 Å². The second kappa shape index (κ2) is 7.95. The largest absolute Gasteiger partial charge is 0.481 e. The van der Waals surface area contributed by atoms with E-state index in [2.05, 4.69) is 20.8 Å². The van der Waals surface area contributed by atoms with Crippen molar-refractivity contribution in [2.45, 2.75) is 77.9 Å². The van der Waals surface area contributed by atoms with Crippen LogP contribution in [0, 0.1) is 17.8 Å². The summed E-state index contributed by atoms with van der Waals surface area (Å²) in [5, 5.41) is 19.2. The Bertz CT molecular complexity index is 393. The first-order valence-electron chi connectivity index (χ1n) is 8.34. The Morgan fingerprint density at radius 3 is 2.45 bits per heavy atom. The molecule has 0 radical (unpaired) electrons. The Balaban J connectivity index is 2.75. The zero-order chi connectivity index (χ0) is 16.9. The van der Waals surface area contributed by atoms with Gasteiger partial charge in [-0.3, -0.25) is 4.79 Å². The number of ether oxygens (including phenoxy) is 1. The second-order valence-corrected chi connectivity index (χ2v) is 7.05. The van der Waals surface area contributed by atoms with E-state index in [4.69, 9.17) is 9.84 Å². The van der Waals surface area contributed by atoms with Gasteiger partial charge in [-0.15, -0.1) is 0 Å². The van der Waals surface area contributed by atoms with Crippen LogP contribution in [0.5, 0.6) is 0 Å². The minimum absolute atomic E-state index is 0.105. The van der Waals surface area contributed by atoms with Gasteiger partial charge in [-0.25, -0.2) is 4.79 Å². The minimum Gasteiger partial charge on any atom is -0.481 e. The first-order chi connectivity index (χ1) is 10.2. The quantitative estimate of drug-likeness (QED) is 0.706. The van der Waals surface area contributed by atoms with Crippen molar-refractivity contribution in [3.8, 4) is 0 Å². The van der Waals surface area contributed by atoms with Crippen LogP contribution in [0.4, 0.5) is 0 Å². The molecule has 1 rings (SSSR count). The zero-order valence-electron chi connectivity index (χ0n) is 14.2. The number of aliphatic carboxylic acids is 1. The van der Waals surface area contributed by atoms with Gasteiger partial charge in [0.05, 0.1) is 0 Å². The zero-order valence-corrected chi connectivity index (χ0v) is 14.2. The van der Waals surface area contributed by atoms with Crippen LogP contribution in [0.1, 0.15) is 66.2 Å². The third-order valence-electron chi connectivity index (χ3n) is 4.94. The lowest BCUT2D eigenvalue weighted by molar-refractivity contribution is -0.179. The Labute approximate surface area is 133 Å². The number of hydrogen-bond donors (Lipinski definition) is 2. The average Bonchev–Trinajstić information content (AvgIpc) is 2.44. The summed E-state index contributed by atoms with van der Waals surface area (Å²) in [7, 11) is 0. The molecule has 128 valence electrons. The fourth-order valence-electron chi connectivity index (χ4n) is 3.23. The number of carboxylic acid groups (broad SMARTS) is 1. The molecule has 0 spiro atoms. The maximum atomic E-state index is 12.4. The van der Waals surface area contributed by atoms with Crippen molar-refractivity contribution in [2.24, 2.45) is 17.8 Å². The fraction of sp³-hybridized carbons (Fsp3) is 0.882. The molecule has 22 heavy (non-hydrogen) atoms. The van der Waals surface area contributed by atoms with Crippen molar-refractivity contribution in [2.75, 3.05) is 0 Å². The molecule has 0 saturated heterocycles. The predicted molar refractivity (Wildman–Crippen MR) is 83.3 cm³/mol. The number of rotatable bonds is 7. The van der Waals surface area contributed by atoms with Gasteiger partial charge < -0.3 is 14.9 Å². The Hall–Kier alpha value is -1.10. The first-order valence-corrected chi connectivity index (χ1v) is 8.34. The molecule has 1 fully saturated rings. The van der Waals surface area contributed by atoms with E-state index in [9.17, 15) is 14.7 Å².